The number of para-hydroxylation sites is 2. The van der Waals surface area contributed by atoms with Gasteiger partial charge >= 0.3 is 0 Å². The Morgan fingerprint density at radius 2 is 1.76 bits per heavy atom. The molecule has 1 aliphatic rings. The van der Waals surface area contributed by atoms with E-state index in [1.165, 1.54) is 22.7 Å². The van der Waals surface area contributed by atoms with Gasteiger partial charge in [0, 0.05) is 36.8 Å². The second-order valence-corrected chi connectivity index (χ2v) is 9.50. The average Bonchev–Trinajstić information content (AvgIpc) is 3.27. The molecule has 152 valence electrons. The van der Waals surface area contributed by atoms with Crippen LogP contribution < -0.4 is 4.74 Å². The van der Waals surface area contributed by atoms with E-state index in [4.69, 9.17) is 21.4 Å². The molecular formula is C20H21ClN4O3S. The molecular weight excluding hydrogens is 412 g/mol. The van der Waals surface area contributed by atoms with Crippen molar-refractivity contribution in [3.8, 4) is 22.7 Å². The number of methoxy groups -OCH3 is 1. The second-order valence-electron chi connectivity index (χ2n) is 6.92. The van der Waals surface area contributed by atoms with Crippen LogP contribution in [0.1, 0.15) is 11.3 Å². The number of ether oxygens (including phenoxy) is 1. The zero-order chi connectivity index (χ0) is 20.8. The zero-order valence-corrected chi connectivity index (χ0v) is 17.9. The number of nitrogens with zero attached hydrogens (tertiary/aromatic N) is 4. The third kappa shape index (κ3) is 3.42. The third-order valence-corrected chi connectivity index (χ3v) is 7.03. The summed E-state index contributed by atoms with van der Waals surface area (Å²) >= 11 is 6.08. The Morgan fingerprint density at radius 1 is 1.07 bits per heavy atom. The lowest BCUT2D eigenvalue weighted by Crippen LogP contribution is -2.36. The van der Waals surface area contributed by atoms with Gasteiger partial charge in [0.1, 0.15) is 11.4 Å². The quantitative estimate of drug-likeness (QED) is 0.620. The highest BCUT2D eigenvalue weighted by atomic mass is 35.5. The lowest BCUT2D eigenvalue weighted by molar-refractivity contribution is 0.383. The molecule has 2 heterocycles. The minimum absolute atomic E-state index is 0.221. The fraction of sp³-hybridized carbons (Fsp3) is 0.250. The van der Waals surface area contributed by atoms with Gasteiger partial charge in [-0.05, 0) is 24.3 Å². The van der Waals surface area contributed by atoms with Crippen molar-refractivity contribution in [2.45, 2.75) is 13.1 Å². The fourth-order valence-electron chi connectivity index (χ4n) is 3.47. The van der Waals surface area contributed by atoms with Crippen molar-refractivity contribution in [1.29, 1.82) is 0 Å². The van der Waals surface area contributed by atoms with Crippen molar-refractivity contribution in [3.63, 3.8) is 0 Å². The number of aromatic nitrogens is 2. The minimum atomic E-state index is -3.54. The molecule has 0 saturated heterocycles. The third-order valence-electron chi connectivity index (χ3n) is 4.95. The van der Waals surface area contributed by atoms with E-state index < -0.39 is 10.2 Å². The Labute approximate surface area is 175 Å². The highest BCUT2D eigenvalue weighted by Gasteiger charge is 2.36. The lowest BCUT2D eigenvalue weighted by Gasteiger charge is -2.21. The van der Waals surface area contributed by atoms with E-state index >= 15 is 0 Å². The molecule has 4 rings (SSSR count). The lowest BCUT2D eigenvalue weighted by atomic mass is 10.1. The van der Waals surface area contributed by atoms with Crippen LogP contribution in [-0.4, -0.2) is 48.0 Å². The molecule has 7 nitrogen and oxygen atoms in total. The monoisotopic (exact) mass is 432 g/mol. The molecule has 29 heavy (non-hydrogen) atoms. The number of benzene rings is 2. The number of hydrogen-bond acceptors (Lipinski definition) is 4. The molecule has 1 aromatic heterocycles. The van der Waals surface area contributed by atoms with Gasteiger partial charge in [-0.2, -0.15) is 22.1 Å². The van der Waals surface area contributed by atoms with Crippen LogP contribution in [0.15, 0.2) is 48.5 Å². The fourth-order valence-corrected chi connectivity index (χ4v) is 4.63. The molecule has 3 aromatic rings. The maximum absolute atomic E-state index is 12.6. The summed E-state index contributed by atoms with van der Waals surface area (Å²) in [6.07, 6.45) is 0. The summed E-state index contributed by atoms with van der Waals surface area (Å²) in [6.45, 7) is 0.474. The van der Waals surface area contributed by atoms with Gasteiger partial charge in [-0.15, -0.1) is 0 Å². The maximum Gasteiger partial charge on any atom is 0.282 e. The number of fused-ring (bicyclic) bond motifs is 1. The summed E-state index contributed by atoms with van der Waals surface area (Å²) in [7, 11) is 1.13. The first-order valence-corrected chi connectivity index (χ1v) is 10.8. The molecule has 0 saturated carbocycles. The van der Waals surface area contributed by atoms with E-state index in [2.05, 4.69) is 0 Å². The maximum atomic E-state index is 12.6. The Morgan fingerprint density at radius 3 is 2.41 bits per heavy atom. The van der Waals surface area contributed by atoms with Gasteiger partial charge in [0.2, 0.25) is 0 Å². The molecule has 0 N–H and O–H groups in total. The molecule has 0 radical (unpaired) electrons. The second kappa shape index (κ2) is 7.46. The summed E-state index contributed by atoms with van der Waals surface area (Å²) in [5, 5.41) is 5.40. The molecule has 1 aliphatic heterocycles. The molecule has 0 unspecified atom stereocenters. The van der Waals surface area contributed by atoms with Crippen molar-refractivity contribution in [3.05, 3.63) is 64.8 Å². The van der Waals surface area contributed by atoms with Crippen LogP contribution in [0.25, 0.3) is 16.9 Å². The van der Waals surface area contributed by atoms with Crippen LogP contribution in [0.3, 0.4) is 0 Å². The summed E-state index contributed by atoms with van der Waals surface area (Å²) < 4.78 is 35.2. The van der Waals surface area contributed by atoms with Gasteiger partial charge in [-0.3, -0.25) is 0 Å². The number of hydrogen-bond donors (Lipinski definition) is 0. The summed E-state index contributed by atoms with van der Waals surface area (Å²) in [5.41, 5.74) is 4.13. The van der Waals surface area contributed by atoms with Crippen molar-refractivity contribution in [1.82, 2.24) is 18.4 Å². The molecule has 9 heteroatoms. The van der Waals surface area contributed by atoms with Crippen LogP contribution in [-0.2, 0) is 23.3 Å². The van der Waals surface area contributed by atoms with E-state index in [0.717, 1.165) is 28.2 Å². The standard InChI is InChI=1S/C20H21ClN4O3S/c1-23(2)29(26,27)24-12-16-17(13-24)22-25(18-6-4-5-7-19(18)28-3)20(16)14-8-10-15(21)11-9-14/h4-11H,12-13H2,1-3H3. The first-order chi connectivity index (χ1) is 13.8. The molecule has 0 spiro atoms. The van der Waals surface area contributed by atoms with E-state index in [0.29, 0.717) is 10.8 Å². The van der Waals surface area contributed by atoms with Gasteiger partial charge in [0.25, 0.3) is 10.2 Å². The van der Waals surface area contributed by atoms with Crippen molar-refractivity contribution in [2.24, 2.45) is 0 Å². The molecule has 0 amide bonds. The smallest absolute Gasteiger partial charge is 0.282 e. The average molecular weight is 433 g/mol. The Bertz CT molecular complexity index is 1160. The van der Waals surface area contributed by atoms with Crippen LogP contribution in [0.2, 0.25) is 5.02 Å². The molecule has 0 bridgehead atoms. The molecule has 2 aromatic carbocycles. The van der Waals surface area contributed by atoms with Crippen LogP contribution in [0.4, 0.5) is 0 Å². The van der Waals surface area contributed by atoms with E-state index in [1.54, 1.807) is 7.11 Å². The van der Waals surface area contributed by atoms with Gasteiger partial charge < -0.3 is 4.74 Å². The summed E-state index contributed by atoms with van der Waals surface area (Å²) in [4.78, 5) is 0. The van der Waals surface area contributed by atoms with Crippen LogP contribution in [0.5, 0.6) is 5.75 Å². The topological polar surface area (TPSA) is 67.7 Å². The van der Waals surface area contributed by atoms with Gasteiger partial charge in [-0.1, -0.05) is 35.9 Å². The van der Waals surface area contributed by atoms with Gasteiger partial charge in [0.15, 0.2) is 0 Å². The predicted octanol–water partition coefficient (Wildman–Crippen LogP) is 3.32. The largest absolute Gasteiger partial charge is 0.494 e. The van der Waals surface area contributed by atoms with Crippen LogP contribution in [0, 0.1) is 0 Å². The Hall–Kier alpha value is -2.39. The first-order valence-electron chi connectivity index (χ1n) is 9.00. The first kappa shape index (κ1) is 19.9. The van der Waals surface area contributed by atoms with Crippen molar-refractivity contribution in [2.75, 3.05) is 21.2 Å². The number of rotatable bonds is 5. The zero-order valence-electron chi connectivity index (χ0n) is 16.3. The number of halogens is 1. The summed E-state index contributed by atoms with van der Waals surface area (Å²) in [5.74, 6) is 0.682. The summed E-state index contributed by atoms with van der Waals surface area (Å²) in [6, 6.07) is 15.1. The highest BCUT2D eigenvalue weighted by Crippen LogP contribution is 2.38. The van der Waals surface area contributed by atoms with Crippen molar-refractivity contribution >= 4 is 21.8 Å². The van der Waals surface area contributed by atoms with Crippen molar-refractivity contribution < 1.29 is 13.2 Å². The van der Waals surface area contributed by atoms with E-state index in [-0.39, 0.29) is 13.1 Å². The SMILES string of the molecule is COc1ccccc1-n1nc2c(c1-c1ccc(Cl)cc1)CN(S(=O)(=O)N(C)C)C2. The molecule has 0 atom stereocenters. The molecule has 0 aliphatic carbocycles. The Balaban J connectivity index is 1.89. The predicted molar refractivity (Wildman–Crippen MR) is 112 cm³/mol. The van der Waals surface area contributed by atoms with E-state index in [1.807, 2.05) is 53.2 Å². The molecule has 0 fully saturated rings. The van der Waals surface area contributed by atoms with Crippen LogP contribution >= 0.6 is 11.6 Å². The normalized spacial score (nSPS) is 14.4. The Kier molecular flexibility index (Phi) is 5.12. The highest BCUT2D eigenvalue weighted by molar-refractivity contribution is 7.86. The van der Waals surface area contributed by atoms with E-state index in [9.17, 15) is 8.42 Å². The van der Waals surface area contributed by atoms with Gasteiger partial charge in [0.05, 0.1) is 25.0 Å². The van der Waals surface area contributed by atoms with Gasteiger partial charge in [-0.25, -0.2) is 4.68 Å². The minimum Gasteiger partial charge on any atom is -0.494 e.